The Balaban J connectivity index is 0.00000300. The van der Waals surface area contributed by atoms with Gasteiger partial charge in [-0.05, 0) is 50.8 Å². The van der Waals surface area contributed by atoms with Gasteiger partial charge >= 0.3 is 0 Å². The van der Waals surface area contributed by atoms with Gasteiger partial charge in [-0.2, -0.15) is 5.10 Å². The summed E-state index contributed by atoms with van der Waals surface area (Å²) in [5, 5.41) is 11.1. The SMILES string of the molecule is CCNC(=NCc1ccccc1-n1nc(C)cc1C)NCC1CCS(=O)(=O)C1.I. The number of sulfone groups is 1. The summed E-state index contributed by atoms with van der Waals surface area (Å²) >= 11 is 0. The van der Waals surface area contributed by atoms with Crippen LogP contribution in [-0.4, -0.2) is 48.8 Å². The van der Waals surface area contributed by atoms with E-state index >= 15 is 0 Å². The van der Waals surface area contributed by atoms with Crippen molar-refractivity contribution in [2.24, 2.45) is 10.9 Å². The maximum Gasteiger partial charge on any atom is 0.191 e. The van der Waals surface area contributed by atoms with Crippen molar-refractivity contribution in [3.05, 3.63) is 47.3 Å². The van der Waals surface area contributed by atoms with Crippen LogP contribution in [0.15, 0.2) is 35.3 Å². The number of nitrogens with one attached hydrogen (secondary N) is 2. The number of aromatic nitrogens is 2. The maximum atomic E-state index is 11.6. The molecule has 1 saturated heterocycles. The second kappa shape index (κ2) is 10.4. The predicted molar refractivity (Wildman–Crippen MR) is 128 cm³/mol. The summed E-state index contributed by atoms with van der Waals surface area (Å²) in [5.74, 6) is 1.41. The summed E-state index contributed by atoms with van der Waals surface area (Å²) in [6.45, 7) is 7.91. The Bertz CT molecular complexity index is 956. The highest BCUT2D eigenvalue weighted by atomic mass is 127. The number of guanidine groups is 1. The van der Waals surface area contributed by atoms with E-state index in [0.29, 0.717) is 24.8 Å². The number of para-hydroxylation sites is 1. The monoisotopic (exact) mass is 531 g/mol. The molecule has 1 fully saturated rings. The molecule has 1 aliphatic rings. The van der Waals surface area contributed by atoms with Gasteiger partial charge in [0.2, 0.25) is 0 Å². The van der Waals surface area contributed by atoms with Crippen molar-refractivity contribution in [2.45, 2.75) is 33.7 Å². The fourth-order valence-corrected chi connectivity index (χ4v) is 5.37. The summed E-state index contributed by atoms with van der Waals surface area (Å²) < 4.78 is 25.2. The van der Waals surface area contributed by atoms with E-state index < -0.39 is 9.84 Å². The number of nitrogens with zero attached hydrogens (tertiary/aromatic N) is 3. The second-order valence-corrected chi connectivity index (χ2v) is 9.54. The Hall–Kier alpha value is -1.62. The van der Waals surface area contributed by atoms with Crippen molar-refractivity contribution in [3.63, 3.8) is 0 Å². The van der Waals surface area contributed by atoms with Gasteiger partial charge in [-0.1, -0.05) is 18.2 Å². The van der Waals surface area contributed by atoms with Gasteiger partial charge in [-0.3, -0.25) is 0 Å². The Morgan fingerprint density at radius 2 is 2.03 bits per heavy atom. The molecule has 1 atom stereocenters. The van der Waals surface area contributed by atoms with Crippen molar-refractivity contribution in [1.82, 2.24) is 20.4 Å². The van der Waals surface area contributed by atoms with E-state index in [2.05, 4.69) is 27.9 Å². The molecule has 0 spiro atoms. The Kier molecular flexibility index (Phi) is 8.50. The average molecular weight is 531 g/mol. The molecule has 7 nitrogen and oxygen atoms in total. The molecule has 0 aliphatic carbocycles. The van der Waals surface area contributed by atoms with E-state index in [-0.39, 0.29) is 35.6 Å². The molecule has 1 aliphatic heterocycles. The Morgan fingerprint density at radius 1 is 1.28 bits per heavy atom. The summed E-state index contributed by atoms with van der Waals surface area (Å²) in [6.07, 6.45) is 0.718. The van der Waals surface area contributed by atoms with Crippen LogP contribution in [0, 0.1) is 19.8 Å². The number of rotatable bonds is 6. The third-order valence-corrected chi connectivity index (χ3v) is 6.70. The van der Waals surface area contributed by atoms with Crippen molar-refractivity contribution in [3.8, 4) is 5.69 Å². The van der Waals surface area contributed by atoms with Crippen LogP contribution in [-0.2, 0) is 16.4 Å². The van der Waals surface area contributed by atoms with E-state index in [1.165, 1.54) is 0 Å². The highest BCUT2D eigenvalue weighted by Crippen LogP contribution is 2.19. The van der Waals surface area contributed by atoms with Gasteiger partial charge in [0.15, 0.2) is 15.8 Å². The molecule has 1 aromatic carbocycles. The van der Waals surface area contributed by atoms with Crippen LogP contribution in [0.2, 0.25) is 0 Å². The third kappa shape index (κ3) is 6.43. The number of benzene rings is 1. The first-order valence-corrected chi connectivity index (χ1v) is 11.5. The van der Waals surface area contributed by atoms with Crippen LogP contribution < -0.4 is 10.6 Å². The fraction of sp³-hybridized carbons (Fsp3) is 0.500. The van der Waals surface area contributed by atoms with Crippen LogP contribution in [0.1, 0.15) is 30.3 Å². The van der Waals surface area contributed by atoms with Crippen molar-refractivity contribution < 1.29 is 8.42 Å². The van der Waals surface area contributed by atoms with E-state index in [9.17, 15) is 8.42 Å². The zero-order chi connectivity index (χ0) is 20.1. The van der Waals surface area contributed by atoms with Gasteiger partial charge in [0.25, 0.3) is 0 Å². The maximum absolute atomic E-state index is 11.6. The molecule has 9 heteroatoms. The van der Waals surface area contributed by atoms with Crippen LogP contribution in [0.4, 0.5) is 0 Å². The van der Waals surface area contributed by atoms with E-state index in [1.54, 1.807) is 0 Å². The van der Waals surface area contributed by atoms with Crippen LogP contribution in [0.25, 0.3) is 5.69 Å². The largest absolute Gasteiger partial charge is 0.357 e. The summed E-state index contributed by atoms with van der Waals surface area (Å²) in [4.78, 5) is 4.71. The molecule has 1 unspecified atom stereocenters. The highest BCUT2D eigenvalue weighted by molar-refractivity contribution is 14.0. The van der Waals surface area contributed by atoms with Crippen LogP contribution >= 0.6 is 24.0 Å². The molecular weight excluding hydrogens is 501 g/mol. The van der Waals surface area contributed by atoms with Gasteiger partial charge in [-0.15, -0.1) is 24.0 Å². The Labute approximate surface area is 190 Å². The average Bonchev–Trinajstić information content (AvgIpc) is 3.18. The first-order chi connectivity index (χ1) is 13.4. The third-order valence-electron chi connectivity index (χ3n) is 4.87. The predicted octanol–water partition coefficient (Wildman–Crippen LogP) is 2.60. The van der Waals surface area contributed by atoms with E-state index in [1.807, 2.05) is 43.7 Å². The lowest BCUT2D eigenvalue weighted by atomic mass is 10.1. The van der Waals surface area contributed by atoms with Crippen LogP contribution in [0.5, 0.6) is 0 Å². The van der Waals surface area contributed by atoms with E-state index in [4.69, 9.17) is 4.99 Å². The van der Waals surface area contributed by atoms with Gasteiger partial charge in [0.1, 0.15) is 0 Å². The zero-order valence-electron chi connectivity index (χ0n) is 17.2. The van der Waals surface area contributed by atoms with E-state index in [0.717, 1.165) is 35.6 Å². The van der Waals surface area contributed by atoms with Gasteiger partial charge < -0.3 is 10.6 Å². The minimum absolute atomic E-state index is 0. The number of halogens is 1. The lowest BCUT2D eigenvalue weighted by molar-refractivity contribution is 0.567. The fourth-order valence-electron chi connectivity index (χ4n) is 3.50. The van der Waals surface area contributed by atoms with Crippen molar-refractivity contribution in [1.29, 1.82) is 0 Å². The normalized spacial score (nSPS) is 18.3. The standard InChI is InChI=1S/C20H29N5O2S.HI/c1-4-21-20(22-12-17-9-10-28(26,27)14-17)23-13-18-7-5-6-8-19(18)25-16(3)11-15(2)24-25;/h5-8,11,17H,4,9-10,12-14H2,1-3H3,(H2,21,22,23);1H. The number of hydrogen-bond donors (Lipinski definition) is 2. The second-order valence-electron chi connectivity index (χ2n) is 7.31. The molecule has 1 aromatic heterocycles. The molecule has 2 N–H and O–H groups in total. The van der Waals surface area contributed by atoms with Gasteiger partial charge in [0.05, 0.1) is 29.4 Å². The Morgan fingerprint density at radius 3 is 2.66 bits per heavy atom. The molecule has 0 bridgehead atoms. The molecule has 29 heavy (non-hydrogen) atoms. The summed E-state index contributed by atoms with van der Waals surface area (Å²) in [7, 11) is -2.86. The summed E-state index contributed by atoms with van der Waals surface area (Å²) in [5.41, 5.74) is 4.17. The lowest BCUT2D eigenvalue weighted by Gasteiger charge is -2.15. The summed E-state index contributed by atoms with van der Waals surface area (Å²) in [6, 6.07) is 10.2. The molecule has 3 rings (SSSR count). The van der Waals surface area contributed by atoms with Gasteiger partial charge in [0, 0.05) is 18.8 Å². The quantitative estimate of drug-likeness (QED) is 0.340. The molecule has 0 amide bonds. The molecule has 160 valence electrons. The molecular formula is C20H30IN5O2S. The minimum atomic E-state index is -2.86. The first-order valence-electron chi connectivity index (χ1n) is 9.72. The molecule has 0 saturated carbocycles. The van der Waals surface area contributed by atoms with Crippen LogP contribution in [0.3, 0.4) is 0 Å². The first kappa shape index (κ1) is 23.7. The topological polar surface area (TPSA) is 88.4 Å². The van der Waals surface area contributed by atoms with Crippen molar-refractivity contribution in [2.75, 3.05) is 24.6 Å². The van der Waals surface area contributed by atoms with Crippen molar-refractivity contribution >= 4 is 39.8 Å². The molecule has 0 radical (unpaired) electrons. The lowest BCUT2D eigenvalue weighted by Crippen LogP contribution is -2.40. The molecule has 2 heterocycles. The smallest absolute Gasteiger partial charge is 0.191 e. The number of aliphatic imine (C=N–C) groups is 1. The zero-order valence-corrected chi connectivity index (χ0v) is 20.3. The minimum Gasteiger partial charge on any atom is -0.357 e. The highest BCUT2D eigenvalue weighted by Gasteiger charge is 2.27. The number of hydrogen-bond acceptors (Lipinski definition) is 4. The number of aryl methyl sites for hydroxylation is 2. The molecule has 2 aromatic rings. The van der Waals surface area contributed by atoms with Gasteiger partial charge in [-0.25, -0.2) is 18.1 Å².